The number of hydrogen-bond acceptors (Lipinski definition) is 3. The third-order valence-electron chi connectivity index (χ3n) is 2.15. The van der Waals surface area contributed by atoms with Crippen molar-refractivity contribution in [3.05, 3.63) is 34.3 Å². The van der Waals surface area contributed by atoms with Crippen molar-refractivity contribution < 1.29 is 40.7 Å². The zero-order chi connectivity index (χ0) is 16.4. The molecule has 21 heavy (non-hydrogen) atoms. The second-order valence-electron chi connectivity index (χ2n) is 3.74. The topological polar surface area (TPSA) is 43.4 Å². The predicted octanol–water partition coefficient (Wildman–Crippen LogP) is 3.53. The van der Waals surface area contributed by atoms with Gasteiger partial charge in [-0.1, -0.05) is 17.7 Å². The second kappa shape index (κ2) is 5.92. The zero-order valence-corrected chi connectivity index (χ0v) is 10.6. The fraction of sp³-hybridized carbons (Fsp3) is 0.273. The van der Waals surface area contributed by atoms with Crippen molar-refractivity contribution in [1.82, 2.24) is 0 Å². The Kier molecular flexibility index (Phi) is 4.87. The lowest BCUT2D eigenvalue weighted by Gasteiger charge is -2.10. The summed E-state index contributed by atoms with van der Waals surface area (Å²) in [5, 5.41) is -0.485. The van der Waals surface area contributed by atoms with Crippen molar-refractivity contribution in [2.24, 2.45) is 0 Å². The fourth-order valence-corrected chi connectivity index (χ4v) is 1.47. The van der Waals surface area contributed by atoms with Crippen molar-refractivity contribution in [2.75, 3.05) is 0 Å². The van der Waals surface area contributed by atoms with Crippen LogP contribution in [0.25, 0.3) is 0 Å². The lowest BCUT2D eigenvalue weighted by molar-refractivity contribution is -0.201. The van der Waals surface area contributed by atoms with E-state index in [1.807, 2.05) is 0 Å². The van der Waals surface area contributed by atoms with E-state index in [9.17, 15) is 35.9 Å². The maximum Gasteiger partial charge on any atom is 0.491 e. The summed E-state index contributed by atoms with van der Waals surface area (Å²) in [6, 6.07) is 1.92. The van der Waals surface area contributed by atoms with E-state index in [-0.39, 0.29) is 5.56 Å². The molecule has 0 aliphatic rings. The van der Waals surface area contributed by atoms with Crippen molar-refractivity contribution in [3.63, 3.8) is 0 Å². The number of rotatable bonds is 2. The van der Waals surface area contributed by atoms with Crippen LogP contribution in [0.5, 0.6) is 0 Å². The van der Waals surface area contributed by atoms with Gasteiger partial charge < -0.3 is 4.74 Å². The van der Waals surface area contributed by atoms with Crippen LogP contribution in [-0.2, 0) is 26.9 Å². The Labute approximate surface area is 118 Å². The molecule has 0 radical (unpaired) electrons. The van der Waals surface area contributed by atoms with Crippen LogP contribution in [0.4, 0.5) is 26.3 Å². The Morgan fingerprint density at radius 2 is 1.67 bits per heavy atom. The average molecular weight is 335 g/mol. The predicted molar refractivity (Wildman–Crippen MR) is 57.3 cm³/mol. The minimum atomic E-state index is -5.35. The maximum absolute atomic E-state index is 12.3. The zero-order valence-electron chi connectivity index (χ0n) is 9.81. The van der Waals surface area contributed by atoms with Crippen molar-refractivity contribution >= 4 is 23.5 Å². The first-order valence-corrected chi connectivity index (χ1v) is 5.46. The highest BCUT2D eigenvalue weighted by molar-refractivity contribution is 6.31. The number of benzene rings is 1. The van der Waals surface area contributed by atoms with Gasteiger partial charge in [0.05, 0.1) is 12.0 Å². The summed E-state index contributed by atoms with van der Waals surface area (Å²) >= 11 is 5.49. The van der Waals surface area contributed by atoms with E-state index in [1.165, 1.54) is 0 Å². The van der Waals surface area contributed by atoms with Crippen LogP contribution in [0, 0.1) is 0 Å². The number of alkyl halides is 6. The molecule has 0 fully saturated rings. The number of carbonyl (C=O) groups excluding carboxylic acids is 2. The van der Waals surface area contributed by atoms with Gasteiger partial charge in [-0.05, 0) is 17.7 Å². The summed E-state index contributed by atoms with van der Waals surface area (Å²) < 4.78 is 76.0. The normalized spacial score (nSPS) is 12.1. The van der Waals surface area contributed by atoms with Gasteiger partial charge in [-0.25, -0.2) is 4.79 Å². The molecule has 0 unspecified atom stereocenters. The van der Waals surface area contributed by atoms with Crippen LogP contribution in [0.15, 0.2) is 18.2 Å². The Morgan fingerprint density at radius 3 is 2.10 bits per heavy atom. The molecule has 0 amide bonds. The Balaban J connectivity index is 2.81. The highest BCUT2D eigenvalue weighted by Crippen LogP contribution is 2.32. The van der Waals surface area contributed by atoms with Crippen molar-refractivity contribution in [3.8, 4) is 0 Å². The van der Waals surface area contributed by atoms with E-state index in [1.54, 1.807) is 0 Å². The van der Waals surface area contributed by atoms with Crippen LogP contribution in [0.3, 0.4) is 0 Å². The van der Waals surface area contributed by atoms with Gasteiger partial charge in [0, 0.05) is 5.02 Å². The molecule has 0 aromatic heterocycles. The molecule has 10 heteroatoms. The van der Waals surface area contributed by atoms with Crippen LogP contribution >= 0.6 is 11.6 Å². The molecule has 116 valence electrons. The molecule has 1 aromatic rings. The molecule has 0 saturated carbocycles. The van der Waals surface area contributed by atoms with Crippen LogP contribution in [-0.4, -0.2) is 18.1 Å². The van der Waals surface area contributed by atoms with Gasteiger partial charge >= 0.3 is 24.3 Å². The number of carbonyl (C=O) groups is 2. The molecular formula is C11H5ClF6O3. The van der Waals surface area contributed by atoms with Crippen LogP contribution < -0.4 is 0 Å². The van der Waals surface area contributed by atoms with Crippen LogP contribution in [0.2, 0.25) is 5.02 Å². The molecular weight excluding hydrogens is 330 g/mol. The molecule has 0 spiro atoms. The highest BCUT2D eigenvalue weighted by atomic mass is 35.5. The van der Waals surface area contributed by atoms with Gasteiger partial charge in [0.15, 0.2) is 0 Å². The number of hydrogen-bond donors (Lipinski definition) is 0. The molecule has 0 bridgehead atoms. The first-order valence-electron chi connectivity index (χ1n) is 5.08. The van der Waals surface area contributed by atoms with Crippen LogP contribution in [0.1, 0.15) is 11.1 Å². The van der Waals surface area contributed by atoms with Gasteiger partial charge in [0.25, 0.3) is 0 Å². The van der Waals surface area contributed by atoms with Gasteiger partial charge in [-0.3, -0.25) is 4.79 Å². The standard InChI is InChI=1S/C11H5ClF6O3/c12-7-4-6(10(13,14)15)2-1-5(7)3-8(19)21-9(20)11(16,17)18/h1-2,4H,3H2. The minimum absolute atomic E-state index is 0.204. The van der Waals surface area contributed by atoms with Crippen molar-refractivity contribution in [2.45, 2.75) is 18.8 Å². The maximum atomic E-state index is 12.3. The van der Waals surface area contributed by atoms with E-state index in [4.69, 9.17) is 11.6 Å². The molecule has 3 nitrogen and oxygen atoms in total. The molecule has 1 rings (SSSR count). The quantitative estimate of drug-likeness (QED) is 0.472. The summed E-state index contributed by atoms with van der Waals surface area (Å²) in [6.07, 6.45) is -10.9. The van der Waals surface area contributed by atoms with E-state index in [0.29, 0.717) is 12.1 Å². The first-order chi connectivity index (χ1) is 9.41. The number of ether oxygens (including phenoxy) is 1. The second-order valence-corrected chi connectivity index (χ2v) is 4.15. The minimum Gasteiger partial charge on any atom is -0.386 e. The number of halogens is 7. The van der Waals surface area contributed by atoms with E-state index < -0.39 is 41.3 Å². The summed E-state index contributed by atoms with van der Waals surface area (Å²) in [4.78, 5) is 21.5. The molecule has 0 N–H and O–H groups in total. The molecule has 0 aliphatic heterocycles. The SMILES string of the molecule is O=C(Cc1ccc(C(F)(F)F)cc1Cl)OC(=O)C(F)(F)F. The third-order valence-corrected chi connectivity index (χ3v) is 2.51. The first kappa shape index (κ1) is 17.3. The largest absolute Gasteiger partial charge is 0.491 e. The Bertz CT molecular complexity index is 564. The Hall–Kier alpha value is -1.77. The lowest BCUT2D eigenvalue weighted by atomic mass is 10.1. The van der Waals surface area contributed by atoms with Gasteiger partial charge in [-0.2, -0.15) is 26.3 Å². The van der Waals surface area contributed by atoms with Gasteiger partial charge in [0.1, 0.15) is 0 Å². The summed E-state index contributed by atoms with van der Waals surface area (Å²) in [7, 11) is 0. The summed E-state index contributed by atoms with van der Waals surface area (Å²) in [5.74, 6) is -4.30. The number of esters is 2. The molecule has 0 aliphatic carbocycles. The van der Waals surface area contributed by atoms with Gasteiger partial charge in [0.2, 0.25) is 0 Å². The highest BCUT2D eigenvalue weighted by Gasteiger charge is 2.42. The third kappa shape index (κ3) is 4.92. The molecule has 0 heterocycles. The van der Waals surface area contributed by atoms with Crippen molar-refractivity contribution in [1.29, 1.82) is 0 Å². The van der Waals surface area contributed by atoms with E-state index in [2.05, 4.69) is 4.74 Å². The van der Waals surface area contributed by atoms with E-state index >= 15 is 0 Å². The fourth-order valence-electron chi connectivity index (χ4n) is 1.22. The van der Waals surface area contributed by atoms with Gasteiger partial charge in [-0.15, -0.1) is 0 Å². The summed E-state index contributed by atoms with van der Waals surface area (Å²) in [5.41, 5.74) is -1.29. The smallest absolute Gasteiger partial charge is 0.386 e. The summed E-state index contributed by atoms with van der Waals surface area (Å²) in [6.45, 7) is 0. The molecule has 0 atom stereocenters. The Morgan fingerprint density at radius 1 is 1.10 bits per heavy atom. The van der Waals surface area contributed by atoms with E-state index in [0.717, 1.165) is 6.07 Å². The molecule has 0 saturated heterocycles. The monoisotopic (exact) mass is 334 g/mol. The average Bonchev–Trinajstić information content (AvgIpc) is 2.29. The molecule has 1 aromatic carbocycles. The lowest BCUT2D eigenvalue weighted by Crippen LogP contribution is -2.28.